The monoisotopic (exact) mass is 285 g/mol. The maximum Gasteiger partial charge on any atom is 0.135 e. The van der Waals surface area contributed by atoms with Gasteiger partial charge in [-0.25, -0.2) is 13.2 Å². The third kappa shape index (κ3) is 1.97. The second kappa shape index (κ2) is 4.29. The van der Waals surface area contributed by atoms with Gasteiger partial charge in [-0.2, -0.15) is 0 Å². The molecule has 0 aliphatic carbocycles. The molecule has 0 N–H and O–H groups in total. The molecule has 0 saturated heterocycles. The Labute approximate surface area is 98.9 Å². The van der Waals surface area contributed by atoms with Crippen LogP contribution in [0.1, 0.15) is 0 Å². The maximum atomic E-state index is 13.5. The van der Waals surface area contributed by atoms with Crippen LogP contribution in [-0.4, -0.2) is 0 Å². The van der Waals surface area contributed by atoms with Crippen molar-refractivity contribution < 1.29 is 13.2 Å². The Kier molecular flexibility index (Phi) is 3.01. The Bertz CT molecular complexity index is 515. The molecule has 0 aromatic heterocycles. The summed E-state index contributed by atoms with van der Waals surface area (Å²) < 4.78 is 40.7. The van der Waals surface area contributed by atoms with Crippen molar-refractivity contribution >= 4 is 15.9 Å². The molecule has 0 unspecified atom stereocenters. The number of benzene rings is 2. The highest BCUT2D eigenvalue weighted by molar-refractivity contribution is 9.10. The van der Waals surface area contributed by atoms with E-state index in [0.717, 1.165) is 18.2 Å². The Morgan fingerprint density at radius 3 is 2.19 bits per heavy atom. The molecular formula is C12H5BrF3. The van der Waals surface area contributed by atoms with Gasteiger partial charge in [-0.1, -0.05) is 28.1 Å². The molecule has 81 valence electrons. The van der Waals surface area contributed by atoms with Crippen LogP contribution in [-0.2, 0) is 0 Å². The Morgan fingerprint density at radius 2 is 1.62 bits per heavy atom. The van der Waals surface area contributed by atoms with Crippen LogP contribution in [0.3, 0.4) is 0 Å². The van der Waals surface area contributed by atoms with E-state index in [1.54, 1.807) is 0 Å². The zero-order valence-electron chi connectivity index (χ0n) is 7.90. The summed E-state index contributed by atoms with van der Waals surface area (Å²) in [7, 11) is 0. The van der Waals surface area contributed by atoms with Gasteiger partial charge in [0.05, 0.1) is 5.56 Å². The Hall–Kier alpha value is -1.29. The summed E-state index contributed by atoms with van der Waals surface area (Å²) in [6.07, 6.45) is 0. The molecule has 0 spiro atoms. The molecule has 0 bridgehead atoms. The lowest BCUT2D eigenvalue weighted by Gasteiger charge is -2.06. The van der Waals surface area contributed by atoms with E-state index in [1.165, 1.54) is 12.1 Å². The smallest absolute Gasteiger partial charge is 0.135 e. The molecule has 0 heterocycles. The molecule has 2 aromatic carbocycles. The lowest BCUT2D eigenvalue weighted by atomic mass is 10.0. The normalized spacial score (nSPS) is 10.5. The van der Waals surface area contributed by atoms with E-state index in [4.69, 9.17) is 0 Å². The third-order valence-corrected chi connectivity index (χ3v) is 2.55. The van der Waals surface area contributed by atoms with Gasteiger partial charge < -0.3 is 0 Å². The van der Waals surface area contributed by atoms with Gasteiger partial charge in [-0.05, 0) is 24.3 Å². The summed E-state index contributed by atoms with van der Waals surface area (Å²) in [6.45, 7) is 0. The lowest BCUT2D eigenvalue weighted by molar-refractivity contribution is 0.580. The van der Waals surface area contributed by atoms with Crippen LogP contribution in [0.15, 0.2) is 34.8 Å². The van der Waals surface area contributed by atoms with Gasteiger partial charge in [0.1, 0.15) is 17.5 Å². The van der Waals surface area contributed by atoms with Crippen LogP contribution in [0.4, 0.5) is 13.2 Å². The first-order valence-corrected chi connectivity index (χ1v) is 5.19. The van der Waals surface area contributed by atoms with Crippen molar-refractivity contribution in [1.29, 1.82) is 0 Å². The fourth-order valence-corrected chi connectivity index (χ4v) is 1.81. The van der Waals surface area contributed by atoms with E-state index >= 15 is 0 Å². The van der Waals surface area contributed by atoms with Crippen molar-refractivity contribution in [3.05, 3.63) is 58.3 Å². The zero-order chi connectivity index (χ0) is 11.7. The summed E-state index contributed by atoms with van der Waals surface area (Å²) in [5, 5.41) is 0. The topological polar surface area (TPSA) is 0 Å². The van der Waals surface area contributed by atoms with Crippen LogP contribution in [0.25, 0.3) is 11.1 Å². The second-order valence-electron chi connectivity index (χ2n) is 3.15. The molecule has 0 nitrogen and oxygen atoms in total. The molecule has 0 aliphatic heterocycles. The van der Waals surface area contributed by atoms with Crippen molar-refractivity contribution in [3.63, 3.8) is 0 Å². The van der Waals surface area contributed by atoms with Crippen LogP contribution < -0.4 is 0 Å². The number of hydrogen-bond acceptors (Lipinski definition) is 0. The molecule has 2 rings (SSSR count). The highest BCUT2D eigenvalue weighted by atomic mass is 79.9. The van der Waals surface area contributed by atoms with E-state index in [2.05, 4.69) is 22.0 Å². The third-order valence-electron chi connectivity index (χ3n) is 2.09. The largest absolute Gasteiger partial charge is 0.206 e. The van der Waals surface area contributed by atoms with E-state index in [-0.39, 0.29) is 15.6 Å². The van der Waals surface area contributed by atoms with E-state index in [0.29, 0.717) is 0 Å². The second-order valence-corrected chi connectivity index (χ2v) is 4.07. The minimum absolute atomic E-state index is 0.110. The zero-order valence-corrected chi connectivity index (χ0v) is 9.48. The molecule has 4 heteroatoms. The molecule has 0 atom stereocenters. The quantitative estimate of drug-likeness (QED) is 0.731. The summed E-state index contributed by atoms with van der Waals surface area (Å²) >= 11 is 2.96. The first-order chi connectivity index (χ1) is 7.59. The number of rotatable bonds is 1. The lowest BCUT2D eigenvalue weighted by Crippen LogP contribution is -1.93. The Morgan fingerprint density at radius 1 is 1.00 bits per heavy atom. The standard InChI is InChI=1S/C12H5BrF3/c13-7-5-10(15)12(11(16)6-7)8-3-1-2-4-9(8)14/h1,3-6H. The van der Waals surface area contributed by atoms with Crippen molar-refractivity contribution in [1.82, 2.24) is 0 Å². The first-order valence-electron chi connectivity index (χ1n) is 4.40. The molecule has 1 radical (unpaired) electrons. The Balaban J connectivity index is 2.70. The number of hydrogen-bond donors (Lipinski definition) is 0. The van der Waals surface area contributed by atoms with Gasteiger partial charge in [0.25, 0.3) is 0 Å². The fraction of sp³-hybridized carbons (Fsp3) is 0. The molecule has 0 fully saturated rings. The van der Waals surface area contributed by atoms with Crippen LogP contribution in [0, 0.1) is 23.5 Å². The average Bonchev–Trinajstić information content (AvgIpc) is 2.19. The van der Waals surface area contributed by atoms with E-state index in [1.807, 2.05) is 0 Å². The molecule has 2 aromatic rings. The van der Waals surface area contributed by atoms with Gasteiger partial charge in [0, 0.05) is 10.0 Å². The molecular weight excluding hydrogens is 281 g/mol. The predicted octanol–water partition coefficient (Wildman–Crippen LogP) is 4.33. The van der Waals surface area contributed by atoms with Gasteiger partial charge >= 0.3 is 0 Å². The van der Waals surface area contributed by atoms with E-state index in [9.17, 15) is 13.2 Å². The van der Waals surface area contributed by atoms with Crippen LogP contribution >= 0.6 is 15.9 Å². The minimum Gasteiger partial charge on any atom is -0.206 e. The highest BCUT2D eigenvalue weighted by Gasteiger charge is 2.15. The molecule has 0 aliphatic rings. The van der Waals surface area contributed by atoms with Crippen LogP contribution in [0.5, 0.6) is 0 Å². The van der Waals surface area contributed by atoms with Crippen molar-refractivity contribution in [2.75, 3.05) is 0 Å². The van der Waals surface area contributed by atoms with Gasteiger partial charge in [-0.15, -0.1) is 0 Å². The molecule has 0 amide bonds. The molecule has 16 heavy (non-hydrogen) atoms. The van der Waals surface area contributed by atoms with Crippen molar-refractivity contribution in [3.8, 4) is 11.1 Å². The molecule has 0 saturated carbocycles. The van der Waals surface area contributed by atoms with E-state index < -0.39 is 17.5 Å². The van der Waals surface area contributed by atoms with Crippen molar-refractivity contribution in [2.24, 2.45) is 0 Å². The highest BCUT2D eigenvalue weighted by Crippen LogP contribution is 2.30. The first kappa shape index (κ1) is 11.2. The number of halogens is 4. The SMILES string of the molecule is Fc1c[c]ccc1-c1c(F)cc(Br)cc1F. The summed E-state index contributed by atoms with van der Waals surface area (Å²) in [5.74, 6) is -2.32. The summed E-state index contributed by atoms with van der Waals surface area (Å²) in [6, 6.07) is 8.40. The van der Waals surface area contributed by atoms with Gasteiger partial charge in [-0.3, -0.25) is 0 Å². The summed E-state index contributed by atoms with van der Waals surface area (Å²) in [4.78, 5) is 0. The summed E-state index contributed by atoms with van der Waals surface area (Å²) in [5.41, 5.74) is -0.476. The van der Waals surface area contributed by atoms with Crippen molar-refractivity contribution in [2.45, 2.75) is 0 Å². The predicted molar refractivity (Wildman–Crippen MR) is 58.3 cm³/mol. The van der Waals surface area contributed by atoms with Gasteiger partial charge in [0.15, 0.2) is 0 Å². The average molecular weight is 286 g/mol. The fourth-order valence-electron chi connectivity index (χ4n) is 1.41. The van der Waals surface area contributed by atoms with Crippen LogP contribution in [0.2, 0.25) is 0 Å². The maximum absolute atomic E-state index is 13.5. The minimum atomic E-state index is -0.808. The van der Waals surface area contributed by atoms with Gasteiger partial charge in [0.2, 0.25) is 0 Å².